The monoisotopic (exact) mass is 426 g/mol. The predicted molar refractivity (Wildman–Crippen MR) is 111 cm³/mol. The molecule has 2 aromatic rings. The molecule has 1 unspecified atom stereocenters. The van der Waals surface area contributed by atoms with E-state index in [1.807, 2.05) is 0 Å². The number of non-ortho nitro benzene ring substituents is 1. The van der Waals surface area contributed by atoms with Crippen LogP contribution in [-0.2, 0) is 20.9 Å². The maximum atomic E-state index is 14.5. The Labute approximate surface area is 179 Å². The number of amides is 1. The molecular weight excluding hydrogens is 403 g/mol. The zero-order valence-corrected chi connectivity index (χ0v) is 17.5. The predicted octanol–water partition coefficient (Wildman–Crippen LogP) is 4.48. The van der Waals surface area contributed by atoms with Crippen molar-refractivity contribution in [2.24, 2.45) is 0 Å². The molecule has 0 fully saturated rings. The van der Waals surface area contributed by atoms with Gasteiger partial charge in [0.2, 0.25) is 5.91 Å². The van der Waals surface area contributed by atoms with Gasteiger partial charge in [0.25, 0.3) is 5.69 Å². The molecule has 7 nitrogen and oxygen atoms in total. The summed E-state index contributed by atoms with van der Waals surface area (Å²) >= 11 is 0. The summed E-state index contributed by atoms with van der Waals surface area (Å²) in [5.41, 5.74) is 1.27. The van der Waals surface area contributed by atoms with Gasteiger partial charge in [-0.15, -0.1) is 0 Å². The maximum absolute atomic E-state index is 14.5. The highest BCUT2D eigenvalue weighted by atomic mass is 19.1. The second kappa shape index (κ2) is 9.07. The molecule has 1 atom stereocenters. The topological polar surface area (TPSA) is 89.8 Å². The van der Waals surface area contributed by atoms with Crippen LogP contribution >= 0.6 is 0 Å². The summed E-state index contributed by atoms with van der Waals surface area (Å²) in [6, 6.07) is 12.0. The van der Waals surface area contributed by atoms with Gasteiger partial charge in [-0.3, -0.25) is 14.9 Å². The van der Waals surface area contributed by atoms with Gasteiger partial charge >= 0.3 is 5.97 Å². The second-order valence-electron chi connectivity index (χ2n) is 7.64. The van der Waals surface area contributed by atoms with E-state index in [-0.39, 0.29) is 35.7 Å². The van der Waals surface area contributed by atoms with E-state index in [0.29, 0.717) is 11.3 Å². The molecule has 0 aliphatic carbocycles. The Kier molecular flexibility index (Phi) is 6.48. The van der Waals surface area contributed by atoms with E-state index in [1.54, 1.807) is 45.0 Å². The zero-order valence-electron chi connectivity index (χ0n) is 17.5. The normalized spacial score (nSPS) is 16.6. The van der Waals surface area contributed by atoms with Gasteiger partial charge in [0, 0.05) is 30.2 Å². The van der Waals surface area contributed by atoms with Gasteiger partial charge < -0.3 is 9.64 Å². The first-order valence-corrected chi connectivity index (χ1v) is 9.89. The summed E-state index contributed by atoms with van der Waals surface area (Å²) < 4.78 is 19.9. The Balaban J connectivity index is 2.05. The summed E-state index contributed by atoms with van der Waals surface area (Å²) in [5.74, 6) is -2.20. The highest BCUT2D eigenvalue weighted by Gasteiger charge is 2.38. The van der Waals surface area contributed by atoms with Gasteiger partial charge in [0.15, 0.2) is 0 Å². The lowest BCUT2D eigenvalue weighted by Gasteiger charge is -2.35. The first-order chi connectivity index (χ1) is 14.7. The minimum Gasteiger partial charge on any atom is -0.460 e. The molecule has 8 heteroatoms. The lowest BCUT2D eigenvalue weighted by Crippen LogP contribution is -2.38. The molecule has 162 valence electrons. The molecule has 1 aliphatic rings. The van der Waals surface area contributed by atoms with E-state index in [1.165, 1.54) is 29.2 Å². The van der Waals surface area contributed by atoms with Crippen LogP contribution in [0, 0.1) is 15.9 Å². The molecule has 3 rings (SSSR count). The van der Waals surface area contributed by atoms with E-state index < -0.39 is 28.7 Å². The molecule has 31 heavy (non-hydrogen) atoms. The van der Waals surface area contributed by atoms with Gasteiger partial charge in [0.05, 0.1) is 23.1 Å². The molecule has 1 amide bonds. The number of hydrogen-bond acceptors (Lipinski definition) is 5. The maximum Gasteiger partial charge on any atom is 0.336 e. The number of carbonyl (C=O) groups is 2. The number of halogens is 1. The molecule has 0 saturated heterocycles. The van der Waals surface area contributed by atoms with E-state index >= 15 is 0 Å². The van der Waals surface area contributed by atoms with E-state index in [0.717, 1.165) is 0 Å². The molecule has 0 N–H and O–H groups in total. The van der Waals surface area contributed by atoms with Crippen molar-refractivity contribution >= 4 is 17.6 Å². The van der Waals surface area contributed by atoms with Crippen LogP contribution in [0.1, 0.15) is 44.2 Å². The minimum absolute atomic E-state index is 0.0504. The summed E-state index contributed by atoms with van der Waals surface area (Å²) in [6.45, 7) is 5.08. The van der Waals surface area contributed by atoms with Crippen LogP contribution in [0.4, 0.5) is 10.1 Å². The zero-order chi connectivity index (χ0) is 22.7. The van der Waals surface area contributed by atoms with Crippen LogP contribution in [0.2, 0.25) is 0 Å². The third-order valence-corrected chi connectivity index (χ3v) is 5.13. The number of nitro benzene ring substituents is 1. The van der Waals surface area contributed by atoms with Crippen molar-refractivity contribution in [2.75, 3.05) is 0 Å². The summed E-state index contributed by atoms with van der Waals surface area (Å²) in [5, 5.41) is 11.1. The van der Waals surface area contributed by atoms with E-state index in [2.05, 4.69) is 0 Å². The number of benzene rings is 2. The smallest absolute Gasteiger partial charge is 0.336 e. The van der Waals surface area contributed by atoms with Crippen molar-refractivity contribution in [3.63, 3.8) is 0 Å². The van der Waals surface area contributed by atoms with Crippen LogP contribution in [0.25, 0.3) is 0 Å². The van der Waals surface area contributed by atoms with Crippen LogP contribution in [-0.4, -0.2) is 27.8 Å². The molecule has 0 saturated carbocycles. The molecule has 1 aliphatic heterocycles. The number of nitro groups is 1. The second-order valence-corrected chi connectivity index (χ2v) is 7.64. The van der Waals surface area contributed by atoms with Crippen molar-refractivity contribution in [3.05, 3.63) is 86.9 Å². The summed E-state index contributed by atoms with van der Waals surface area (Å²) in [4.78, 5) is 37.9. The minimum atomic E-state index is -0.777. The highest BCUT2D eigenvalue weighted by Crippen LogP contribution is 2.39. The van der Waals surface area contributed by atoms with Gasteiger partial charge in [-0.1, -0.05) is 30.3 Å². The lowest BCUT2D eigenvalue weighted by atomic mass is 9.83. The molecule has 0 aromatic heterocycles. The fraction of sp³-hybridized carbons (Fsp3) is 0.304. The fourth-order valence-electron chi connectivity index (χ4n) is 3.72. The van der Waals surface area contributed by atoms with Crippen molar-refractivity contribution in [3.8, 4) is 0 Å². The molecular formula is C23H23FN2O5. The van der Waals surface area contributed by atoms with Gasteiger partial charge in [-0.25, -0.2) is 9.18 Å². The van der Waals surface area contributed by atoms with Crippen molar-refractivity contribution in [1.29, 1.82) is 0 Å². The van der Waals surface area contributed by atoms with Gasteiger partial charge in [0.1, 0.15) is 5.82 Å². The van der Waals surface area contributed by atoms with Crippen LogP contribution in [0.5, 0.6) is 0 Å². The molecule has 0 bridgehead atoms. The number of hydrogen-bond donors (Lipinski definition) is 0. The van der Waals surface area contributed by atoms with E-state index in [4.69, 9.17) is 4.74 Å². The SMILES string of the molecule is CC1=C(C(=O)OC(C)C)C(c2ccccc2F)CC(=O)N1Cc1cccc([N+](=O)[O-])c1. The number of esters is 1. The first kappa shape index (κ1) is 22.1. The Bertz CT molecular complexity index is 1060. The average Bonchev–Trinajstić information content (AvgIpc) is 2.70. The van der Waals surface area contributed by atoms with Crippen molar-refractivity contribution in [2.45, 2.75) is 45.8 Å². The number of ether oxygens (including phenoxy) is 1. The fourth-order valence-corrected chi connectivity index (χ4v) is 3.72. The highest BCUT2D eigenvalue weighted by molar-refractivity contribution is 5.96. The Hall–Kier alpha value is -3.55. The third-order valence-electron chi connectivity index (χ3n) is 5.13. The summed E-state index contributed by atoms with van der Waals surface area (Å²) in [6.07, 6.45) is -0.507. The first-order valence-electron chi connectivity index (χ1n) is 9.89. The number of allylic oxidation sites excluding steroid dienone is 1. The molecule has 1 heterocycles. The Morgan fingerprint density at radius 1 is 1.26 bits per heavy atom. The number of nitrogens with zero attached hydrogens (tertiary/aromatic N) is 2. The van der Waals surface area contributed by atoms with Gasteiger partial charge in [-0.2, -0.15) is 0 Å². The molecule has 0 spiro atoms. The van der Waals surface area contributed by atoms with E-state index in [9.17, 15) is 24.1 Å². The van der Waals surface area contributed by atoms with Crippen LogP contribution < -0.4 is 0 Å². The summed E-state index contributed by atoms with van der Waals surface area (Å²) in [7, 11) is 0. The quantitative estimate of drug-likeness (QED) is 0.386. The standard InChI is InChI=1S/C23H23FN2O5/c1-14(2)31-23(28)22-15(3)25(13-16-7-6-8-17(11-16)26(29)30)21(27)12-19(22)18-9-4-5-10-20(18)24/h4-11,14,19H,12-13H2,1-3H3. The van der Waals surface area contributed by atoms with Crippen molar-refractivity contribution in [1.82, 2.24) is 4.90 Å². The van der Waals surface area contributed by atoms with Crippen molar-refractivity contribution < 1.29 is 23.6 Å². The molecule has 2 aromatic carbocycles. The number of carbonyl (C=O) groups excluding carboxylic acids is 2. The number of rotatable bonds is 6. The average molecular weight is 426 g/mol. The largest absolute Gasteiger partial charge is 0.460 e. The molecule has 0 radical (unpaired) electrons. The lowest BCUT2D eigenvalue weighted by molar-refractivity contribution is -0.384. The third kappa shape index (κ3) is 4.79. The van der Waals surface area contributed by atoms with Gasteiger partial charge in [-0.05, 0) is 38.0 Å². The Morgan fingerprint density at radius 2 is 1.97 bits per heavy atom. The van der Waals surface area contributed by atoms with Crippen LogP contribution in [0.3, 0.4) is 0 Å². The Morgan fingerprint density at radius 3 is 2.61 bits per heavy atom. The van der Waals surface area contributed by atoms with Crippen LogP contribution in [0.15, 0.2) is 59.8 Å².